The molecule has 0 bridgehead atoms. The summed E-state index contributed by atoms with van der Waals surface area (Å²) < 4.78 is 5.43. The molecule has 0 heterocycles. The topological polar surface area (TPSA) is 43.4 Å². The van der Waals surface area contributed by atoms with Gasteiger partial charge in [0, 0.05) is 0 Å². The van der Waals surface area contributed by atoms with Crippen molar-refractivity contribution in [3.63, 3.8) is 0 Å². The monoisotopic (exact) mass is 196 g/mol. The highest BCUT2D eigenvalue weighted by Crippen LogP contribution is 2.19. The van der Waals surface area contributed by atoms with Gasteiger partial charge in [-0.25, -0.2) is 0 Å². The minimum absolute atomic E-state index is 0.282. The third-order valence-electron chi connectivity index (χ3n) is 1.87. The van der Waals surface area contributed by atoms with E-state index in [-0.39, 0.29) is 11.2 Å². The average molecular weight is 196 g/mol. The maximum atomic E-state index is 11.2. The van der Waals surface area contributed by atoms with E-state index >= 15 is 0 Å². The van der Waals surface area contributed by atoms with E-state index in [4.69, 9.17) is 4.74 Å². The number of hydrogen-bond donors (Lipinski definition) is 0. The van der Waals surface area contributed by atoms with Gasteiger partial charge < -0.3 is 4.74 Å². The molecule has 1 rings (SSSR count). The Morgan fingerprint density at radius 3 is 2.14 bits per heavy atom. The van der Waals surface area contributed by atoms with Gasteiger partial charge in [-0.1, -0.05) is 13.3 Å². The fourth-order valence-corrected chi connectivity index (χ4v) is 1.31. The van der Waals surface area contributed by atoms with Crippen molar-refractivity contribution >= 4 is 0 Å². The molecule has 0 aliphatic carbocycles. The first-order chi connectivity index (χ1) is 6.37. The summed E-state index contributed by atoms with van der Waals surface area (Å²) in [7, 11) is 0. The van der Waals surface area contributed by atoms with Crippen molar-refractivity contribution in [3.05, 3.63) is 26.0 Å². The van der Waals surface area contributed by atoms with Crippen molar-refractivity contribution in [1.82, 2.24) is 0 Å². The molecule has 0 amide bonds. The molecular weight excluding hydrogens is 180 g/mol. The van der Waals surface area contributed by atoms with Crippen molar-refractivity contribution in [3.8, 4) is 5.75 Å². The van der Waals surface area contributed by atoms with E-state index in [1.165, 1.54) is 0 Å². The zero-order valence-electron chi connectivity index (χ0n) is 9.14. The van der Waals surface area contributed by atoms with Gasteiger partial charge in [-0.15, -0.1) is 0 Å². The fourth-order valence-electron chi connectivity index (χ4n) is 1.31. The van der Waals surface area contributed by atoms with E-state index in [1.807, 2.05) is 27.7 Å². The van der Waals surface area contributed by atoms with Gasteiger partial charge in [0.25, 0.3) is 5.43 Å². The van der Waals surface area contributed by atoms with Gasteiger partial charge >= 0.3 is 0 Å². The lowest BCUT2D eigenvalue weighted by atomic mass is 10.0. The van der Waals surface area contributed by atoms with Crippen LogP contribution < -0.4 is 15.6 Å². The van der Waals surface area contributed by atoms with E-state index < -0.39 is 11.0 Å². The summed E-state index contributed by atoms with van der Waals surface area (Å²) >= 11 is 0. The van der Waals surface area contributed by atoms with Crippen molar-refractivity contribution in [2.75, 3.05) is 0 Å². The summed E-state index contributed by atoms with van der Waals surface area (Å²) in [5.41, 5.74) is -0.688. The molecule has 0 spiro atoms. The highest BCUT2D eigenvalue weighted by Gasteiger charge is 2.25. The van der Waals surface area contributed by atoms with Crippen LogP contribution in [0.1, 0.15) is 39.7 Å². The molecule has 3 nitrogen and oxygen atoms in total. The molecule has 78 valence electrons. The molecular formula is C11H16O3. The van der Waals surface area contributed by atoms with E-state index in [2.05, 4.69) is 0 Å². The van der Waals surface area contributed by atoms with Crippen LogP contribution in [0.2, 0.25) is 0 Å². The zero-order valence-corrected chi connectivity index (χ0v) is 9.14. The molecule has 0 aliphatic heterocycles. The van der Waals surface area contributed by atoms with Gasteiger partial charge in [-0.05, 0) is 27.2 Å². The Morgan fingerprint density at radius 1 is 1.14 bits per heavy atom. The smallest absolute Gasteiger partial charge is 0.268 e. The van der Waals surface area contributed by atoms with Crippen LogP contribution >= 0.6 is 0 Å². The van der Waals surface area contributed by atoms with Gasteiger partial charge in [0.1, 0.15) is 5.60 Å². The maximum absolute atomic E-state index is 11.2. The largest absolute Gasteiger partial charge is 0.483 e. The summed E-state index contributed by atoms with van der Waals surface area (Å²) in [4.78, 5) is 22.4. The van der Waals surface area contributed by atoms with Gasteiger partial charge in [-0.2, -0.15) is 0 Å². The molecule has 0 N–H and O–H groups in total. The normalized spacial score (nSPS) is 12.0. The van der Waals surface area contributed by atoms with Crippen LogP contribution in [-0.2, 0) is 6.42 Å². The Kier molecular flexibility index (Phi) is 2.79. The fraction of sp³-hybridized carbons (Fsp3) is 0.636. The van der Waals surface area contributed by atoms with Crippen LogP contribution in [0.15, 0.2) is 9.59 Å². The molecule has 0 aliphatic rings. The predicted octanol–water partition coefficient (Wildman–Crippen LogP) is 1.41. The Morgan fingerprint density at radius 2 is 1.71 bits per heavy atom. The van der Waals surface area contributed by atoms with Gasteiger partial charge in [0.2, 0.25) is 5.43 Å². The van der Waals surface area contributed by atoms with Crippen molar-refractivity contribution in [1.29, 1.82) is 0 Å². The summed E-state index contributed by atoms with van der Waals surface area (Å²) in [6, 6.07) is 0. The number of ether oxygens (including phenoxy) is 1. The standard InChI is InChI=1S/C11H16O3/c1-5-6-7-8(12)9(13)10(7)14-11(2,3)4/h5-6H2,1-4H3. The molecule has 3 heteroatoms. The third kappa shape index (κ3) is 2.03. The van der Waals surface area contributed by atoms with E-state index in [1.54, 1.807) is 0 Å². The second-order valence-electron chi connectivity index (χ2n) is 4.43. The average Bonchev–Trinajstić information content (AvgIpc) is 2.09. The van der Waals surface area contributed by atoms with Crippen LogP contribution in [0.25, 0.3) is 0 Å². The molecule has 0 atom stereocenters. The lowest BCUT2D eigenvalue weighted by Gasteiger charge is -2.23. The van der Waals surface area contributed by atoms with Crippen LogP contribution in [0.3, 0.4) is 0 Å². The third-order valence-corrected chi connectivity index (χ3v) is 1.87. The summed E-state index contributed by atoms with van der Waals surface area (Å²) in [5, 5.41) is 0. The van der Waals surface area contributed by atoms with Crippen molar-refractivity contribution < 1.29 is 4.74 Å². The molecule has 1 aromatic carbocycles. The minimum Gasteiger partial charge on any atom is -0.483 e. The molecule has 0 saturated heterocycles. The Hall–Kier alpha value is -1.12. The first-order valence-corrected chi connectivity index (χ1v) is 4.88. The number of hydrogen-bond acceptors (Lipinski definition) is 3. The molecule has 0 unspecified atom stereocenters. The van der Waals surface area contributed by atoms with Crippen LogP contribution in [0.5, 0.6) is 5.75 Å². The molecule has 0 aromatic heterocycles. The SMILES string of the molecule is CCCc1c(OC(C)(C)C)c(=O)c1=O. The predicted molar refractivity (Wildman–Crippen MR) is 55.7 cm³/mol. The van der Waals surface area contributed by atoms with Gasteiger partial charge in [-0.3, -0.25) is 9.59 Å². The van der Waals surface area contributed by atoms with Crippen molar-refractivity contribution in [2.45, 2.75) is 46.1 Å². The summed E-state index contributed by atoms with van der Waals surface area (Å²) in [6.07, 6.45) is 1.49. The van der Waals surface area contributed by atoms with E-state index in [0.29, 0.717) is 12.0 Å². The molecule has 0 saturated carbocycles. The van der Waals surface area contributed by atoms with Crippen molar-refractivity contribution in [2.24, 2.45) is 0 Å². The lowest BCUT2D eigenvalue weighted by molar-refractivity contribution is 0.125. The molecule has 14 heavy (non-hydrogen) atoms. The molecule has 0 radical (unpaired) electrons. The quantitative estimate of drug-likeness (QED) is 0.686. The van der Waals surface area contributed by atoms with Gasteiger partial charge in [0.05, 0.1) is 5.56 Å². The van der Waals surface area contributed by atoms with Gasteiger partial charge in [0.15, 0.2) is 5.75 Å². The Bertz CT molecular complexity index is 389. The zero-order chi connectivity index (χ0) is 10.9. The maximum Gasteiger partial charge on any atom is 0.268 e. The lowest BCUT2D eigenvalue weighted by Crippen LogP contribution is -2.40. The Balaban J connectivity index is 2.93. The second kappa shape index (κ2) is 3.56. The molecule has 1 aromatic rings. The van der Waals surface area contributed by atoms with E-state index in [9.17, 15) is 9.59 Å². The minimum atomic E-state index is -0.469. The summed E-state index contributed by atoms with van der Waals surface area (Å²) in [5.74, 6) is 0.282. The van der Waals surface area contributed by atoms with Crippen LogP contribution in [0, 0.1) is 0 Å². The first kappa shape index (κ1) is 11.0. The Labute approximate surface area is 83.4 Å². The molecule has 0 fully saturated rings. The van der Waals surface area contributed by atoms with E-state index in [0.717, 1.165) is 6.42 Å². The highest BCUT2D eigenvalue weighted by atomic mass is 16.5. The first-order valence-electron chi connectivity index (χ1n) is 4.88. The van der Waals surface area contributed by atoms with Crippen LogP contribution in [0.4, 0.5) is 0 Å². The summed E-state index contributed by atoms with van der Waals surface area (Å²) in [6.45, 7) is 7.55. The number of rotatable bonds is 3. The van der Waals surface area contributed by atoms with Crippen LogP contribution in [-0.4, -0.2) is 5.60 Å². The second-order valence-corrected chi connectivity index (χ2v) is 4.43. The highest BCUT2D eigenvalue weighted by molar-refractivity contribution is 5.39.